The van der Waals surface area contributed by atoms with E-state index in [2.05, 4.69) is 107 Å². The molecule has 0 atom stereocenters. The second-order valence-electron chi connectivity index (χ2n) is 6.41. The fourth-order valence-corrected chi connectivity index (χ4v) is 5.19. The molecular formula is C20H20I3N3O3. The highest BCUT2D eigenvalue weighted by atomic mass is 127. The van der Waals surface area contributed by atoms with Gasteiger partial charge in [0.1, 0.15) is 12.4 Å². The highest BCUT2D eigenvalue weighted by Gasteiger charge is 2.13. The van der Waals surface area contributed by atoms with Crippen LogP contribution in [0.15, 0.2) is 41.5 Å². The van der Waals surface area contributed by atoms with E-state index in [1.165, 1.54) is 3.57 Å². The first-order valence-electron chi connectivity index (χ1n) is 8.99. The molecule has 29 heavy (non-hydrogen) atoms. The minimum absolute atomic E-state index is 0.120. The van der Waals surface area contributed by atoms with Gasteiger partial charge in [-0.25, -0.2) is 5.43 Å². The van der Waals surface area contributed by atoms with Crippen LogP contribution in [0.2, 0.25) is 0 Å². The summed E-state index contributed by atoms with van der Waals surface area (Å²) in [5.41, 5.74) is 4.63. The molecule has 1 aliphatic rings. The third-order valence-corrected chi connectivity index (χ3v) is 6.51. The zero-order chi connectivity index (χ0) is 20.6. The van der Waals surface area contributed by atoms with Gasteiger partial charge in [-0.3, -0.25) is 9.69 Å². The number of morpholine rings is 1. The second kappa shape index (κ2) is 11.8. The van der Waals surface area contributed by atoms with E-state index in [9.17, 15) is 4.79 Å². The molecule has 0 unspecified atom stereocenters. The quantitative estimate of drug-likeness (QED) is 0.267. The molecule has 0 spiro atoms. The molecule has 2 aromatic carbocycles. The van der Waals surface area contributed by atoms with Crippen molar-refractivity contribution < 1.29 is 14.3 Å². The highest BCUT2D eigenvalue weighted by molar-refractivity contribution is 14.1. The Morgan fingerprint density at radius 1 is 1.14 bits per heavy atom. The van der Waals surface area contributed by atoms with Gasteiger partial charge in [0.2, 0.25) is 0 Å². The standard InChI is InChI=1S/C20H20I3N3O3/c21-16-3-1-14(2-4-16)13-29-20-17(22)9-15(10-18(20)23)11-24-25-19(27)12-26-5-7-28-8-6-26/h1-4,9-11H,5-8,12-13H2,(H,25,27)/b24-11+. The van der Waals surface area contributed by atoms with Crippen LogP contribution in [0, 0.1) is 10.7 Å². The Kier molecular flexibility index (Phi) is 9.40. The summed E-state index contributed by atoms with van der Waals surface area (Å²) in [7, 11) is 0. The number of rotatable bonds is 7. The Labute approximate surface area is 211 Å². The summed E-state index contributed by atoms with van der Waals surface area (Å²) >= 11 is 6.82. The fourth-order valence-electron chi connectivity index (χ4n) is 2.70. The van der Waals surface area contributed by atoms with Crippen LogP contribution in [-0.4, -0.2) is 49.9 Å². The maximum Gasteiger partial charge on any atom is 0.254 e. The molecule has 1 saturated heterocycles. The molecule has 0 bridgehead atoms. The molecule has 154 valence electrons. The predicted molar refractivity (Wildman–Crippen MR) is 138 cm³/mol. The number of hydrogen-bond donors (Lipinski definition) is 1. The zero-order valence-corrected chi connectivity index (χ0v) is 22.0. The van der Waals surface area contributed by atoms with Crippen LogP contribution in [0.3, 0.4) is 0 Å². The summed E-state index contributed by atoms with van der Waals surface area (Å²) in [5, 5.41) is 4.09. The number of halogens is 3. The van der Waals surface area contributed by atoms with E-state index in [4.69, 9.17) is 9.47 Å². The number of hydrogen-bond acceptors (Lipinski definition) is 5. The first kappa shape index (κ1) is 23.2. The number of carbonyl (C=O) groups excluding carboxylic acids is 1. The van der Waals surface area contributed by atoms with E-state index < -0.39 is 0 Å². The molecule has 1 fully saturated rings. The number of amides is 1. The summed E-state index contributed by atoms with van der Waals surface area (Å²) < 4.78 is 14.5. The zero-order valence-electron chi connectivity index (χ0n) is 15.5. The van der Waals surface area contributed by atoms with E-state index in [1.54, 1.807) is 6.21 Å². The van der Waals surface area contributed by atoms with Gasteiger partial charge in [0.25, 0.3) is 5.91 Å². The second-order valence-corrected chi connectivity index (χ2v) is 9.98. The summed E-state index contributed by atoms with van der Waals surface area (Å²) in [6.07, 6.45) is 1.66. The van der Waals surface area contributed by atoms with Crippen molar-refractivity contribution in [3.8, 4) is 5.75 Å². The van der Waals surface area contributed by atoms with Gasteiger partial charge in [-0.15, -0.1) is 0 Å². The predicted octanol–water partition coefficient (Wildman–Crippen LogP) is 3.86. The molecule has 1 N–H and O–H groups in total. The lowest BCUT2D eigenvalue weighted by Gasteiger charge is -2.25. The summed E-state index contributed by atoms with van der Waals surface area (Å²) in [5.74, 6) is 0.739. The summed E-state index contributed by atoms with van der Waals surface area (Å²) in [6, 6.07) is 12.3. The van der Waals surface area contributed by atoms with Gasteiger partial charge < -0.3 is 9.47 Å². The first-order chi connectivity index (χ1) is 14.0. The van der Waals surface area contributed by atoms with Gasteiger partial charge in [-0.05, 0) is 103 Å². The Hall–Kier alpha value is -0.510. The molecule has 1 aliphatic heterocycles. The van der Waals surface area contributed by atoms with Crippen molar-refractivity contribution in [3.05, 3.63) is 58.2 Å². The molecule has 1 heterocycles. The van der Waals surface area contributed by atoms with Crippen LogP contribution in [-0.2, 0) is 16.1 Å². The van der Waals surface area contributed by atoms with Crippen molar-refractivity contribution in [2.45, 2.75) is 6.61 Å². The molecule has 1 amide bonds. The average molecular weight is 731 g/mol. The minimum Gasteiger partial charge on any atom is -0.487 e. The van der Waals surface area contributed by atoms with Gasteiger partial charge >= 0.3 is 0 Å². The van der Waals surface area contributed by atoms with Gasteiger partial charge in [-0.2, -0.15) is 5.10 Å². The summed E-state index contributed by atoms with van der Waals surface area (Å²) in [6.45, 7) is 3.75. The smallest absolute Gasteiger partial charge is 0.254 e. The topological polar surface area (TPSA) is 63.2 Å². The fraction of sp³-hybridized carbons (Fsp3) is 0.300. The summed E-state index contributed by atoms with van der Waals surface area (Å²) in [4.78, 5) is 14.1. The van der Waals surface area contributed by atoms with Gasteiger partial charge in [0.05, 0.1) is 33.1 Å². The van der Waals surface area contributed by atoms with Gasteiger partial charge in [0, 0.05) is 16.7 Å². The van der Waals surface area contributed by atoms with Gasteiger partial charge in [0.15, 0.2) is 0 Å². The molecule has 3 rings (SSSR count). The van der Waals surface area contributed by atoms with Crippen LogP contribution < -0.4 is 10.2 Å². The Morgan fingerprint density at radius 2 is 1.79 bits per heavy atom. The van der Waals surface area contributed by atoms with Crippen molar-refractivity contribution in [3.63, 3.8) is 0 Å². The lowest BCUT2D eigenvalue weighted by molar-refractivity contribution is -0.123. The van der Waals surface area contributed by atoms with Crippen molar-refractivity contribution >= 4 is 79.9 Å². The molecule has 2 aromatic rings. The van der Waals surface area contributed by atoms with Crippen LogP contribution in [0.4, 0.5) is 0 Å². The number of nitrogens with one attached hydrogen (secondary N) is 1. The average Bonchev–Trinajstić information content (AvgIpc) is 2.69. The third-order valence-electron chi connectivity index (χ3n) is 4.19. The third kappa shape index (κ3) is 7.60. The molecule has 0 radical (unpaired) electrons. The van der Waals surface area contributed by atoms with Crippen molar-refractivity contribution in [2.75, 3.05) is 32.8 Å². The molecule has 0 saturated carbocycles. The SMILES string of the molecule is O=C(CN1CCOCC1)N/N=C/c1cc(I)c(OCc2ccc(I)cc2)c(I)c1. The lowest BCUT2D eigenvalue weighted by atomic mass is 10.2. The van der Waals surface area contributed by atoms with Crippen molar-refractivity contribution in [2.24, 2.45) is 5.10 Å². The van der Waals surface area contributed by atoms with E-state index in [0.717, 1.165) is 37.1 Å². The van der Waals surface area contributed by atoms with Crippen molar-refractivity contribution in [1.82, 2.24) is 10.3 Å². The largest absolute Gasteiger partial charge is 0.487 e. The van der Waals surface area contributed by atoms with E-state index in [1.807, 2.05) is 12.1 Å². The lowest BCUT2D eigenvalue weighted by Crippen LogP contribution is -2.42. The number of nitrogens with zero attached hydrogens (tertiary/aromatic N) is 2. The van der Waals surface area contributed by atoms with E-state index in [-0.39, 0.29) is 5.91 Å². The highest BCUT2D eigenvalue weighted by Crippen LogP contribution is 2.29. The molecule has 6 nitrogen and oxygen atoms in total. The van der Waals surface area contributed by atoms with E-state index >= 15 is 0 Å². The number of benzene rings is 2. The molecular weight excluding hydrogens is 711 g/mol. The molecule has 0 aromatic heterocycles. The van der Waals surface area contributed by atoms with Crippen LogP contribution in [0.5, 0.6) is 5.75 Å². The maximum atomic E-state index is 12.0. The monoisotopic (exact) mass is 731 g/mol. The normalized spacial score (nSPS) is 14.9. The van der Waals surface area contributed by atoms with E-state index in [0.29, 0.717) is 26.4 Å². The van der Waals surface area contributed by atoms with Crippen LogP contribution in [0.25, 0.3) is 0 Å². The molecule has 9 heteroatoms. The Bertz CT molecular complexity index is 846. The number of carbonyl (C=O) groups is 1. The minimum atomic E-state index is -0.120. The number of hydrazone groups is 1. The maximum absolute atomic E-state index is 12.0. The van der Waals surface area contributed by atoms with Gasteiger partial charge in [-0.1, -0.05) is 12.1 Å². The van der Waals surface area contributed by atoms with Crippen LogP contribution >= 0.6 is 67.8 Å². The van der Waals surface area contributed by atoms with Crippen LogP contribution in [0.1, 0.15) is 11.1 Å². The molecule has 0 aliphatic carbocycles. The van der Waals surface area contributed by atoms with Crippen molar-refractivity contribution in [1.29, 1.82) is 0 Å². The number of ether oxygens (including phenoxy) is 2. The Balaban J connectivity index is 1.54. The first-order valence-corrected chi connectivity index (χ1v) is 12.2. The Morgan fingerprint density at radius 3 is 2.45 bits per heavy atom.